The van der Waals surface area contributed by atoms with Gasteiger partial charge in [0.2, 0.25) is 0 Å². The van der Waals surface area contributed by atoms with Gasteiger partial charge in [0.15, 0.2) is 0 Å². The average Bonchev–Trinajstić information content (AvgIpc) is 2.61. The maximum absolute atomic E-state index is 12.5. The third-order valence-electron chi connectivity index (χ3n) is 5.93. The Morgan fingerprint density at radius 3 is 2.88 bits per heavy atom. The molecular formula is C18H37N7O. The number of hydrogen-bond donors (Lipinski definition) is 7. The highest BCUT2D eigenvalue weighted by atomic mass is 16.2. The van der Waals surface area contributed by atoms with Crippen molar-refractivity contribution in [2.24, 2.45) is 11.7 Å². The lowest BCUT2D eigenvalue weighted by molar-refractivity contribution is 0.166. The second-order valence-corrected chi connectivity index (χ2v) is 8.14. The van der Waals surface area contributed by atoms with Gasteiger partial charge in [-0.15, -0.1) is 0 Å². The zero-order chi connectivity index (χ0) is 18.4. The molecule has 0 aromatic rings. The van der Waals surface area contributed by atoms with E-state index in [1.54, 1.807) is 0 Å². The second-order valence-electron chi connectivity index (χ2n) is 8.14. The molecule has 0 radical (unpaired) electrons. The van der Waals surface area contributed by atoms with Crippen molar-refractivity contribution in [2.75, 3.05) is 19.6 Å². The second kappa shape index (κ2) is 9.85. The summed E-state index contributed by atoms with van der Waals surface area (Å²) in [6.45, 7) is 4.87. The molecule has 6 atom stereocenters. The Bertz CT molecular complexity index is 449. The number of hydrogen-bond acceptors (Lipinski definition) is 6. The predicted octanol–water partition coefficient (Wildman–Crippen LogP) is -0.274. The largest absolute Gasteiger partial charge is 0.335 e. The SMILES string of the molecule is CC1CC(NCCCN)NC(NC(=O)NC2CCC3NCCCC3C2)N1. The first-order chi connectivity index (χ1) is 12.6. The maximum atomic E-state index is 12.5. The molecule has 8 N–H and O–H groups in total. The fourth-order valence-electron chi connectivity index (χ4n) is 4.62. The summed E-state index contributed by atoms with van der Waals surface area (Å²) in [6, 6.07) is 1.20. The summed E-state index contributed by atoms with van der Waals surface area (Å²) in [6.07, 6.45) is 7.76. The number of piperidine rings is 1. The summed E-state index contributed by atoms with van der Waals surface area (Å²) in [5.74, 6) is 0.713. The molecule has 2 heterocycles. The quantitative estimate of drug-likeness (QED) is 0.325. The number of carbonyl (C=O) groups is 1. The number of amides is 2. The number of carbonyl (C=O) groups excluding carboxylic acids is 1. The van der Waals surface area contributed by atoms with Crippen molar-refractivity contribution in [3.05, 3.63) is 0 Å². The molecule has 8 nitrogen and oxygen atoms in total. The Hall–Kier alpha value is -0.930. The van der Waals surface area contributed by atoms with E-state index < -0.39 is 0 Å². The number of fused-ring (bicyclic) bond motifs is 1. The molecule has 0 bridgehead atoms. The molecule has 8 heteroatoms. The van der Waals surface area contributed by atoms with E-state index >= 15 is 0 Å². The molecule has 0 aromatic heterocycles. The van der Waals surface area contributed by atoms with Gasteiger partial charge in [-0.05, 0) is 77.4 Å². The van der Waals surface area contributed by atoms with Gasteiger partial charge in [-0.2, -0.15) is 0 Å². The first kappa shape index (κ1) is 19.8. The lowest BCUT2D eigenvalue weighted by atomic mass is 9.77. The van der Waals surface area contributed by atoms with Crippen LogP contribution >= 0.6 is 0 Å². The van der Waals surface area contributed by atoms with Gasteiger partial charge in [0.05, 0.1) is 6.17 Å². The number of urea groups is 1. The van der Waals surface area contributed by atoms with Crippen LogP contribution in [-0.4, -0.2) is 56.2 Å². The van der Waals surface area contributed by atoms with Crippen LogP contribution in [-0.2, 0) is 0 Å². The van der Waals surface area contributed by atoms with E-state index in [1.165, 1.54) is 19.3 Å². The zero-order valence-electron chi connectivity index (χ0n) is 16.0. The number of rotatable bonds is 6. The first-order valence-corrected chi connectivity index (χ1v) is 10.4. The van der Waals surface area contributed by atoms with Crippen molar-refractivity contribution in [2.45, 2.75) is 82.5 Å². The lowest BCUT2D eigenvalue weighted by Crippen LogP contribution is -2.68. The molecule has 1 saturated carbocycles. The summed E-state index contributed by atoms with van der Waals surface area (Å²) in [5.41, 5.74) is 5.55. The molecule has 3 aliphatic rings. The van der Waals surface area contributed by atoms with Gasteiger partial charge < -0.3 is 27.0 Å². The highest BCUT2D eigenvalue weighted by Gasteiger charge is 2.33. The highest BCUT2D eigenvalue weighted by Crippen LogP contribution is 2.30. The maximum Gasteiger partial charge on any atom is 0.317 e. The minimum Gasteiger partial charge on any atom is -0.335 e. The monoisotopic (exact) mass is 367 g/mol. The normalized spacial score (nSPS) is 37.6. The lowest BCUT2D eigenvalue weighted by Gasteiger charge is -2.40. The van der Waals surface area contributed by atoms with Crippen molar-refractivity contribution >= 4 is 6.03 Å². The molecule has 150 valence electrons. The van der Waals surface area contributed by atoms with Gasteiger partial charge >= 0.3 is 6.03 Å². The van der Waals surface area contributed by atoms with Gasteiger partial charge in [0.25, 0.3) is 0 Å². The molecule has 0 aromatic carbocycles. The summed E-state index contributed by atoms with van der Waals surface area (Å²) in [4.78, 5) is 12.5. The standard InChI is InChI=1S/C18H37N7O/c1-12-10-16(21-9-3-7-19)24-17(22-12)25-18(26)23-14-5-6-15-13(11-14)4-2-8-20-15/h12-17,20-22,24H,2-11,19H2,1H3,(H2,23,25,26). The van der Waals surface area contributed by atoms with Crippen LogP contribution in [0.4, 0.5) is 4.79 Å². The Labute approximate surface area is 157 Å². The molecule has 1 aliphatic carbocycles. The summed E-state index contributed by atoms with van der Waals surface area (Å²) < 4.78 is 0. The van der Waals surface area contributed by atoms with Crippen molar-refractivity contribution in [1.29, 1.82) is 0 Å². The average molecular weight is 368 g/mol. The van der Waals surface area contributed by atoms with E-state index in [1.807, 2.05) is 0 Å². The van der Waals surface area contributed by atoms with Gasteiger partial charge in [-0.1, -0.05) is 0 Å². The van der Waals surface area contributed by atoms with Gasteiger partial charge in [0, 0.05) is 18.1 Å². The van der Waals surface area contributed by atoms with Crippen LogP contribution in [0.1, 0.15) is 51.9 Å². The van der Waals surface area contributed by atoms with Crippen LogP contribution in [0, 0.1) is 5.92 Å². The zero-order valence-corrected chi connectivity index (χ0v) is 16.0. The molecule has 6 unspecified atom stereocenters. The Kier molecular flexibility index (Phi) is 7.51. The molecule has 2 amide bonds. The molecule has 2 saturated heterocycles. The summed E-state index contributed by atoms with van der Waals surface area (Å²) in [5, 5.41) is 20.1. The molecule has 0 spiro atoms. The van der Waals surface area contributed by atoms with Crippen LogP contribution < -0.4 is 37.6 Å². The highest BCUT2D eigenvalue weighted by molar-refractivity contribution is 5.74. The van der Waals surface area contributed by atoms with Gasteiger partial charge in [-0.25, -0.2) is 4.79 Å². The topological polar surface area (TPSA) is 115 Å². The van der Waals surface area contributed by atoms with Crippen LogP contribution in [0.2, 0.25) is 0 Å². The van der Waals surface area contributed by atoms with Crippen molar-refractivity contribution in [3.63, 3.8) is 0 Å². The smallest absolute Gasteiger partial charge is 0.317 e. The Morgan fingerprint density at radius 1 is 1.15 bits per heavy atom. The third-order valence-corrected chi connectivity index (χ3v) is 5.93. The van der Waals surface area contributed by atoms with Crippen LogP contribution in [0.15, 0.2) is 0 Å². The fraction of sp³-hybridized carbons (Fsp3) is 0.944. The Morgan fingerprint density at radius 2 is 2.04 bits per heavy atom. The number of nitrogens with two attached hydrogens (primary N) is 1. The van der Waals surface area contributed by atoms with Gasteiger partial charge in [-0.3, -0.25) is 10.6 Å². The van der Waals surface area contributed by atoms with E-state index in [-0.39, 0.29) is 24.5 Å². The van der Waals surface area contributed by atoms with E-state index in [4.69, 9.17) is 5.73 Å². The van der Waals surface area contributed by atoms with E-state index in [2.05, 4.69) is 38.8 Å². The van der Waals surface area contributed by atoms with Crippen molar-refractivity contribution < 1.29 is 4.79 Å². The first-order valence-electron chi connectivity index (χ1n) is 10.4. The Balaban J connectivity index is 1.40. The minimum absolute atomic E-state index is 0.0861. The fourth-order valence-corrected chi connectivity index (χ4v) is 4.62. The van der Waals surface area contributed by atoms with Crippen LogP contribution in [0.3, 0.4) is 0 Å². The van der Waals surface area contributed by atoms with Crippen molar-refractivity contribution in [1.82, 2.24) is 31.9 Å². The summed E-state index contributed by atoms with van der Waals surface area (Å²) >= 11 is 0. The molecule has 26 heavy (non-hydrogen) atoms. The van der Waals surface area contributed by atoms with Crippen LogP contribution in [0.25, 0.3) is 0 Å². The molecule has 2 aliphatic heterocycles. The summed E-state index contributed by atoms with van der Waals surface area (Å²) in [7, 11) is 0. The minimum atomic E-state index is -0.221. The predicted molar refractivity (Wildman–Crippen MR) is 103 cm³/mol. The molecule has 3 rings (SSSR count). The molecule has 3 fully saturated rings. The van der Waals surface area contributed by atoms with E-state index in [9.17, 15) is 4.79 Å². The molecular weight excluding hydrogens is 330 g/mol. The van der Waals surface area contributed by atoms with E-state index in [0.717, 1.165) is 38.8 Å². The van der Waals surface area contributed by atoms with Crippen molar-refractivity contribution in [3.8, 4) is 0 Å². The van der Waals surface area contributed by atoms with E-state index in [0.29, 0.717) is 24.5 Å². The van der Waals surface area contributed by atoms with Crippen LogP contribution in [0.5, 0.6) is 0 Å². The third kappa shape index (κ3) is 5.79. The number of nitrogens with one attached hydrogen (secondary N) is 6. The van der Waals surface area contributed by atoms with Gasteiger partial charge in [0.1, 0.15) is 6.29 Å².